The summed E-state index contributed by atoms with van der Waals surface area (Å²) < 4.78 is 13.4. The van der Waals surface area contributed by atoms with Crippen molar-refractivity contribution in [1.29, 1.82) is 0 Å². The molecule has 5 heteroatoms. The number of rotatable bonds is 5. The third kappa shape index (κ3) is 2.93. The van der Waals surface area contributed by atoms with Gasteiger partial charge in [0, 0.05) is 13.6 Å². The van der Waals surface area contributed by atoms with Crippen LogP contribution in [0.5, 0.6) is 0 Å². The van der Waals surface area contributed by atoms with Crippen LogP contribution in [0.2, 0.25) is 0 Å². The Balaban J connectivity index is 2.75. The number of para-hydroxylation sites is 1. The summed E-state index contributed by atoms with van der Waals surface area (Å²) in [4.78, 5) is 12.7. The fourth-order valence-electron chi connectivity index (χ4n) is 1.46. The fourth-order valence-corrected chi connectivity index (χ4v) is 1.46. The molecule has 4 nitrogen and oxygen atoms in total. The van der Waals surface area contributed by atoms with Crippen LogP contribution in [0.15, 0.2) is 24.3 Å². The predicted octanol–water partition coefficient (Wildman–Crippen LogP) is 0.335. The van der Waals surface area contributed by atoms with Gasteiger partial charge in [0.25, 0.3) is 0 Å². The number of halogens is 1. The highest BCUT2D eigenvalue weighted by Crippen LogP contribution is 2.16. The van der Waals surface area contributed by atoms with Gasteiger partial charge >= 0.3 is 0 Å². The van der Waals surface area contributed by atoms with E-state index in [4.69, 9.17) is 5.73 Å². The normalized spacial score (nSPS) is 12.2. The molecule has 0 saturated heterocycles. The lowest BCUT2D eigenvalue weighted by molar-refractivity contribution is -0.119. The second kappa shape index (κ2) is 5.46. The van der Waals surface area contributed by atoms with Crippen LogP contribution < -0.4 is 16.0 Å². The maximum atomic E-state index is 13.4. The summed E-state index contributed by atoms with van der Waals surface area (Å²) in [5.41, 5.74) is 5.64. The zero-order valence-electron chi connectivity index (χ0n) is 9.40. The van der Waals surface area contributed by atoms with Gasteiger partial charge in [0.2, 0.25) is 5.91 Å². The third-order valence-corrected chi connectivity index (χ3v) is 2.41. The van der Waals surface area contributed by atoms with Gasteiger partial charge in [-0.25, -0.2) is 4.39 Å². The number of carbonyl (C=O) groups is 1. The van der Waals surface area contributed by atoms with Crippen LogP contribution in [0.3, 0.4) is 0 Å². The van der Waals surface area contributed by atoms with Crippen molar-refractivity contribution in [2.75, 3.05) is 25.5 Å². The van der Waals surface area contributed by atoms with Gasteiger partial charge < -0.3 is 16.0 Å². The summed E-state index contributed by atoms with van der Waals surface area (Å²) in [6.45, 7) is 0.326. The summed E-state index contributed by atoms with van der Waals surface area (Å²) >= 11 is 0. The molecule has 0 saturated carbocycles. The highest BCUT2D eigenvalue weighted by atomic mass is 19.1. The minimum Gasteiger partial charge on any atom is -0.370 e. The zero-order chi connectivity index (χ0) is 12.1. The van der Waals surface area contributed by atoms with Crippen molar-refractivity contribution in [3.8, 4) is 0 Å². The molecule has 1 unspecified atom stereocenters. The number of hydrogen-bond donors (Lipinski definition) is 2. The van der Waals surface area contributed by atoms with Crippen LogP contribution in [0.25, 0.3) is 0 Å². The average Bonchev–Trinajstić information content (AvgIpc) is 2.25. The predicted molar refractivity (Wildman–Crippen MR) is 61.7 cm³/mol. The molecule has 0 aromatic heterocycles. The SMILES string of the molecule is CNC(CN(C)c1ccccc1F)C(N)=O. The molecule has 1 aromatic carbocycles. The molecule has 0 fully saturated rings. The summed E-state index contributed by atoms with van der Waals surface area (Å²) in [5, 5.41) is 2.78. The van der Waals surface area contributed by atoms with Gasteiger partial charge in [-0.1, -0.05) is 12.1 Å². The van der Waals surface area contributed by atoms with Crippen LogP contribution in [0.1, 0.15) is 0 Å². The molecule has 0 radical (unpaired) electrons. The van der Waals surface area contributed by atoms with E-state index in [0.29, 0.717) is 12.2 Å². The Hall–Kier alpha value is -1.62. The Bertz CT molecular complexity index is 370. The van der Waals surface area contributed by atoms with Crippen molar-refractivity contribution in [3.05, 3.63) is 30.1 Å². The van der Waals surface area contributed by atoms with E-state index in [9.17, 15) is 9.18 Å². The van der Waals surface area contributed by atoms with Gasteiger partial charge in [-0.05, 0) is 19.2 Å². The molecule has 0 spiro atoms. The lowest BCUT2D eigenvalue weighted by atomic mass is 10.2. The molecule has 0 bridgehead atoms. The van der Waals surface area contributed by atoms with Crippen LogP contribution >= 0.6 is 0 Å². The topological polar surface area (TPSA) is 58.4 Å². The zero-order valence-corrected chi connectivity index (χ0v) is 9.40. The van der Waals surface area contributed by atoms with E-state index in [2.05, 4.69) is 5.32 Å². The first kappa shape index (κ1) is 12.4. The maximum Gasteiger partial charge on any atom is 0.236 e. The second-order valence-corrected chi connectivity index (χ2v) is 3.58. The van der Waals surface area contributed by atoms with Crippen molar-refractivity contribution in [2.45, 2.75) is 6.04 Å². The van der Waals surface area contributed by atoms with Crippen LogP contribution in [0.4, 0.5) is 10.1 Å². The van der Waals surface area contributed by atoms with Crippen molar-refractivity contribution < 1.29 is 9.18 Å². The summed E-state index contributed by atoms with van der Waals surface area (Å²) in [5.74, 6) is -0.769. The van der Waals surface area contributed by atoms with E-state index < -0.39 is 11.9 Å². The summed E-state index contributed by atoms with van der Waals surface area (Å²) in [6, 6.07) is 5.90. The van der Waals surface area contributed by atoms with Crippen molar-refractivity contribution in [2.24, 2.45) is 5.73 Å². The van der Waals surface area contributed by atoms with Crippen molar-refractivity contribution in [3.63, 3.8) is 0 Å². The number of carbonyl (C=O) groups excluding carboxylic acids is 1. The number of nitrogens with two attached hydrogens (primary N) is 1. The molecular weight excluding hydrogens is 209 g/mol. The molecule has 3 N–H and O–H groups in total. The number of nitrogens with one attached hydrogen (secondary N) is 1. The van der Waals surface area contributed by atoms with Gasteiger partial charge in [-0.3, -0.25) is 4.79 Å². The Morgan fingerprint density at radius 1 is 1.56 bits per heavy atom. The molecular formula is C11H16FN3O. The molecule has 1 aromatic rings. The highest BCUT2D eigenvalue weighted by molar-refractivity contribution is 5.80. The molecule has 16 heavy (non-hydrogen) atoms. The minimum absolute atomic E-state index is 0.315. The summed E-state index contributed by atoms with van der Waals surface area (Å²) in [6.07, 6.45) is 0. The molecule has 1 atom stereocenters. The number of anilines is 1. The average molecular weight is 225 g/mol. The summed E-state index contributed by atoms with van der Waals surface area (Å²) in [7, 11) is 3.36. The first-order valence-corrected chi connectivity index (χ1v) is 4.98. The number of likely N-dealkylation sites (N-methyl/N-ethyl adjacent to an activating group) is 2. The van der Waals surface area contributed by atoms with E-state index in [0.717, 1.165) is 0 Å². The number of benzene rings is 1. The number of amides is 1. The van der Waals surface area contributed by atoms with Crippen LogP contribution in [0, 0.1) is 5.82 Å². The van der Waals surface area contributed by atoms with Gasteiger partial charge in [0.15, 0.2) is 0 Å². The van der Waals surface area contributed by atoms with Gasteiger partial charge in [-0.2, -0.15) is 0 Å². The molecule has 1 rings (SSSR count). The number of nitrogens with zero attached hydrogens (tertiary/aromatic N) is 1. The van der Waals surface area contributed by atoms with E-state index in [1.165, 1.54) is 6.07 Å². The monoisotopic (exact) mass is 225 g/mol. The smallest absolute Gasteiger partial charge is 0.236 e. The molecule has 0 heterocycles. The molecule has 0 aliphatic rings. The quantitative estimate of drug-likeness (QED) is 0.759. The Morgan fingerprint density at radius 3 is 2.69 bits per heavy atom. The molecule has 88 valence electrons. The van der Waals surface area contributed by atoms with Crippen molar-refractivity contribution >= 4 is 11.6 Å². The molecule has 0 aliphatic carbocycles. The van der Waals surface area contributed by atoms with Crippen LogP contribution in [-0.2, 0) is 4.79 Å². The minimum atomic E-state index is -0.496. The van der Waals surface area contributed by atoms with Crippen LogP contribution in [-0.4, -0.2) is 32.6 Å². The van der Waals surface area contributed by atoms with E-state index in [1.807, 2.05) is 0 Å². The Morgan fingerprint density at radius 2 is 2.19 bits per heavy atom. The highest BCUT2D eigenvalue weighted by Gasteiger charge is 2.16. The van der Waals surface area contributed by atoms with Gasteiger partial charge in [-0.15, -0.1) is 0 Å². The maximum absolute atomic E-state index is 13.4. The number of primary amides is 1. The van der Waals surface area contributed by atoms with E-state index in [-0.39, 0.29) is 5.82 Å². The fraction of sp³-hybridized carbons (Fsp3) is 0.364. The Labute approximate surface area is 94.2 Å². The largest absolute Gasteiger partial charge is 0.370 e. The first-order valence-electron chi connectivity index (χ1n) is 4.98. The van der Waals surface area contributed by atoms with Crippen molar-refractivity contribution in [1.82, 2.24) is 5.32 Å². The Kier molecular flexibility index (Phi) is 4.25. The lowest BCUT2D eigenvalue weighted by Gasteiger charge is -2.23. The molecule has 1 amide bonds. The third-order valence-electron chi connectivity index (χ3n) is 2.41. The van der Waals surface area contributed by atoms with Gasteiger partial charge in [0.1, 0.15) is 11.9 Å². The lowest BCUT2D eigenvalue weighted by Crippen LogP contribution is -2.47. The number of hydrogen-bond acceptors (Lipinski definition) is 3. The second-order valence-electron chi connectivity index (χ2n) is 3.58. The van der Waals surface area contributed by atoms with E-state index >= 15 is 0 Å². The first-order chi connectivity index (χ1) is 7.56. The standard InChI is InChI=1S/C11H16FN3O/c1-14-9(11(13)16)7-15(2)10-6-4-3-5-8(10)12/h3-6,9,14H,7H2,1-2H3,(H2,13,16). The van der Waals surface area contributed by atoms with Gasteiger partial charge in [0.05, 0.1) is 5.69 Å². The van der Waals surface area contributed by atoms with E-state index in [1.54, 1.807) is 37.2 Å². The molecule has 0 aliphatic heterocycles.